The molecule has 86 valence electrons. The van der Waals surface area contributed by atoms with Crippen molar-refractivity contribution in [3.05, 3.63) is 29.4 Å². The third-order valence-corrected chi connectivity index (χ3v) is 2.98. The van der Waals surface area contributed by atoms with Gasteiger partial charge in [0, 0.05) is 18.8 Å². The molecule has 3 aromatic rings. The quantitative estimate of drug-likeness (QED) is 0.672. The average molecular weight is 248 g/mol. The highest BCUT2D eigenvalue weighted by molar-refractivity contribution is 6.34. The summed E-state index contributed by atoms with van der Waals surface area (Å²) in [4.78, 5) is 11.3. The van der Waals surface area contributed by atoms with E-state index in [0.29, 0.717) is 5.15 Å². The molecular formula is C11H10ClN5. The molecular weight excluding hydrogens is 238 g/mol. The van der Waals surface area contributed by atoms with Crippen molar-refractivity contribution in [3.8, 4) is 11.3 Å². The van der Waals surface area contributed by atoms with Gasteiger partial charge in [0.05, 0.1) is 16.8 Å². The van der Waals surface area contributed by atoms with E-state index in [0.717, 1.165) is 28.0 Å². The summed E-state index contributed by atoms with van der Waals surface area (Å²) in [6.07, 6.45) is 3.41. The Labute approximate surface area is 102 Å². The maximum absolute atomic E-state index is 6.01. The normalized spacial score (nSPS) is 11.2. The first-order valence-electron chi connectivity index (χ1n) is 5.15. The van der Waals surface area contributed by atoms with Gasteiger partial charge in [0.2, 0.25) is 0 Å². The lowest BCUT2D eigenvalue weighted by Crippen LogP contribution is -1.86. The van der Waals surface area contributed by atoms with Crippen LogP contribution in [-0.2, 0) is 7.05 Å². The monoisotopic (exact) mass is 247 g/mol. The highest BCUT2D eigenvalue weighted by atomic mass is 35.5. The minimum Gasteiger partial charge on any atom is -0.339 e. The van der Waals surface area contributed by atoms with Crippen molar-refractivity contribution < 1.29 is 0 Å². The Morgan fingerprint density at radius 2 is 2.18 bits per heavy atom. The van der Waals surface area contributed by atoms with Crippen LogP contribution in [0.25, 0.3) is 22.3 Å². The maximum Gasteiger partial charge on any atom is 0.142 e. The molecule has 17 heavy (non-hydrogen) atoms. The summed E-state index contributed by atoms with van der Waals surface area (Å²) in [5, 5.41) is 5.59. The second-order valence-corrected chi connectivity index (χ2v) is 4.27. The van der Waals surface area contributed by atoms with Gasteiger partial charge in [-0.15, -0.1) is 0 Å². The first-order valence-corrected chi connectivity index (χ1v) is 5.53. The first kappa shape index (κ1) is 10.3. The Morgan fingerprint density at radius 1 is 1.35 bits per heavy atom. The van der Waals surface area contributed by atoms with Crippen LogP contribution in [0.5, 0.6) is 0 Å². The highest BCUT2D eigenvalue weighted by Gasteiger charge is 2.11. The number of hydrogen-bond donors (Lipinski definition) is 1. The van der Waals surface area contributed by atoms with Crippen molar-refractivity contribution in [2.75, 3.05) is 0 Å². The summed E-state index contributed by atoms with van der Waals surface area (Å²) >= 11 is 6.01. The molecule has 0 aliphatic heterocycles. The molecule has 0 amide bonds. The molecule has 0 fully saturated rings. The highest BCUT2D eigenvalue weighted by Crippen LogP contribution is 2.27. The number of aromatic amines is 1. The van der Waals surface area contributed by atoms with Crippen LogP contribution in [-0.4, -0.2) is 24.7 Å². The summed E-state index contributed by atoms with van der Waals surface area (Å²) in [7, 11) is 1.89. The predicted molar refractivity (Wildman–Crippen MR) is 65.8 cm³/mol. The third kappa shape index (κ3) is 1.59. The molecule has 0 aliphatic rings. The molecule has 0 aromatic carbocycles. The minimum absolute atomic E-state index is 0.457. The second-order valence-electron chi connectivity index (χ2n) is 3.91. The molecule has 3 rings (SSSR count). The fourth-order valence-electron chi connectivity index (χ4n) is 1.92. The maximum atomic E-state index is 6.01. The second kappa shape index (κ2) is 3.56. The standard InChI is InChI=1S/C11H10ClN5/c1-6-8(4-17(2)16-6)9-3-7-10(12)13-5-14-11(7)15-9/h3-5H,1-2H3,(H,13,14,15). The molecule has 3 aromatic heterocycles. The number of aromatic nitrogens is 5. The average Bonchev–Trinajstić information content (AvgIpc) is 2.82. The van der Waals surface area contributed by atoms with Gasteiger partial charge in [-0.1, -0.05) is 11.6 Å². The topological polar surface area (TPSA) is 59.4 Å². The number of nitrogens with one attached hydrogen (secondary N) is 1. The summed E-state index contributed by atoms with van der Waals surface area (Å²) in [5.41, 5.74) is 3.70. The number of aryl methyl sites for hydroxylation is 2. The lowest BCUT2D eigenvalue weighted by molar-refractivity contribution is 0.756. The van der Waals surface area contributed by atoms with E-state index in [9.17, 15) is 0 Å². The molecule has 0 unspecified atom stereocenters. The van der Waals surface area contributed by atoms with Crippen molar-refractivity contribution in [1.82, 2.24) is 24.7 Å². The Kier molecular flexibility index (Phi) is 2.16. The molecule has 6 heteroatoms. The van der Waals surface area contributed by atoms with E-state index >= 15 is 0 Å². The van der Waals surface area contributed by atoms with Crippen LogP contribution in [0.3, 0.4) is 0 Å². The number of fused-ring (bicyclic) bond motifs is 1. The van der Waals surface area contributed by atoms with E-state index in [-0.39, 0.29) is 0 Å². The summed E-state index contributed by atoms with van der Waals surface area (Å²) < 4.78 is 1.78. The Hall–Kier alpha value is -1.88. The zero-order valence-electron chi connectivity index (χ0n) is 9.40. The van der Waals surface area contributed by atoms with Crippen LogP contribution in [0.1, 0.15) is 5.69 Å². The Morgan fingerprint density at radius 3 is 2.82 bits per heavy atom. The molecule has 0 spiro atoms. The van der Waals surface area contributed by atoms with Crippen molar-refractivity contribution in [2.45, 2.75) is 6.92 Å². The van der Waals surface area contributed by atoms with Gasteiger partial charge in [-0.25, -0.2) is 9.97 Å². The summed E-state index contributed by atoms with van der Waals surface area (Å²) in [5.74, 6) is 0. The Bertz CT molecular complexity index is 697. The van der Waals surface area contributed by atoms with Gasteiger partial charge >= 0.3 is 0 Å². The largest absolute Gasteiger partial charge is 0.339 e. The number of hydrogen-bond acceptors (Lipinski definition) is 3. The van der Waals surface area contributed by atoms with Gasteiger partial charge in [0.1, 0.15) is 17.1 Å². The Balaban J connectivity index is 2.25. The molecule has 0 saturated carbocycles. The first-order chi connectivity index (χ1) is 8.15. The smallest absolute Gasteiger partial charge is 0.142 e. The lowest BCUT2D eigenvalue weighted by Gasteiger charge is -1.91. The van der Waals surface area contributed by atoms with Crippen LogP contribution in [0, 0.1) is 6.92 Å². The summed E-state index contributed by atoms with van der Waals surface area (Å²) in [6.45, 7) is 1.97. The zero-order valence-corrected chi connectivity index (χ0v) is 10.2. The zero-order chi connectivity index (χ0) is 12.0. The van der Waals surface area contributed by atoms with Crippen LogP contribution >= 0.6 is 11.6 Å². The molecule has 5 nitrogen and oxygen atoms in total. The van der Waals surface area contributed by atoms with E-state index in [4.69, 9.17) is 11.6 Å². The van der Waals surface area contributed by atoms with Crippen molar-refractivity contribution >= 4 is 22.6 Å². The third-order valence-electron chi connectivity index (χ3n) is 2.68. The van der Waals surface area contributed by atoms with Gasteiger partial charge in [-0.05, 0) is 13.0 Å². The number of H-pyrrole nitrogens is 1. The van der Waals surface area contributed by atoms with E-state index in [1.165, 1.54) is 6.33 Å². The van der Waals surface area contributed by atoms with E-state index in [2.05, 4.69) is 20.1 Å². The molecule has 1 N–H and O–H groups in total. The number of nitrogens with zero attached hydrogens (tertiary/aromatic N) is 4. The molecule has 0 radical (unpaired) electrons. The molecule has 0 aliphatic carbocycles. The summed E-state index contributed by atoms with van der Waals surface area (Å²) in [6, 6.07) is 1.95. The van der Waals surface area contributed by atoms with Crippen LogP contribution in [0.4, 0.5) is 0 Å². The van der Waals surface area contributed by atoms with Crippen LogP contribution < -0.4 is 0 Å². The molecule has 3 heterocycles. The fourth-order valence-corrected chi connectivity index (χ4v) is 2.11. The van der Waals surface area contributed by atoms with Crippen LogP contribution in [0.2, 0.25) is 5.15 Å². The fraction of sp³-hybridized carbons (Fsp3) is 0.182. The van der Waals surface area contributed by atoms with Gasteiger partial charge in [0.15, 0.2) is 0 Å². The van der Waals surface area contributed by atoms with Crippen molar-refractivity contribution in [1.29, 1.82) is 0 Å². The minimum atomic E-state index is 0.457. The number of rotatable bonds is 1. The van der Waals surface area contributed by atoms with Gasteiger partial charge in [-0.2, -0.15) is 5.10 Å². The van der Waals surface area contributed by atoms with Crippen LogP contribution in [0.15, 0.2) is 18.6 Å². The molecule has 0 bridgehead atoms. The predicted octanol–water partition coefficient (Wildman–Crippen LogP) is 2.32. The van der Waals surface area contributed by atoms with E-state index < -0.39 is 0 Å². The van der Waals surface area contributed by atoms with E-state index in [1.807, 2.05) is 26.2 Å². The molecule has 0 atom stereocenters. The SMILES string of the molecule is Cc1nn(C)cc1-c1cc2c(Cl)ncnc2[nH]1. The molecule has 0 saturated heterocycles. The van der Waals surface area contributed by atoms with E-state index in [1.54, 1.807) is 4.68 Å². The van der Waals surface area contributed by atoms with Gasteiger partial charge < -0.3 is 4.98 Å². The van der Waals surface area contributed by atoms with Gasteiger partial charge in [-0.3, -0.25) is 4.68 Å². The number of halogens is 1. The lowest BCUT2D eigenvalue weighted by atomic mass is 10.2. The van der Waals surface area contributed by atoms with Crippen molar-refractivity contribution in [3.63, 3.8) is 0 Å². The van der Waals surface area contributed by atoms with Crippen molar-refractivity contribution in [2.24, 2.45) is 7.05 Å². The van der Waals surface area contributed by atoms with Gasteiger partial charge in [0.25, 0.3) is 0 Å².